The molecule has 5 aromatic rings. The molecule has 0 aliphatic rings. The Morgan fingerprint density at radius 1 is 1.11 bits per heavy atom. The summed E-state index contributed by atoms with van der Waals surface area (Å²) >= 11 is 6.49. The molecule has 0 atom stereocenters. The number of ether oxygens (including phenoxy) is 1. The molecule has 5 rings (SSSR count). The topological polar surface area (TPSA) is 107 Å². The first-order valence-electron chi connectivity index (χ1n) is 12.1. The number of sulfone groups is 1. The molecule has 0 fully saturated rings. The predicted molar refractivity (Wildman–Crippen MR) is 149 cm³/mol. The molecule has 1 N–H and O–H groups in total. The van der Waals surface area contributed by atoms with Crippen LogP contribution in [-0.2, 0) is 14.6 Å². The van der Waals surface area contributed by atoms with Crippen LogP contribution in [0.5, 0.6) is 0 Å². The average Bonchev–Trinajstić information content (AvgIpc) is 3.44. The largest absolute Gasteiger partial charge is 0.443 e. The van der Waals surface area contributed by atoms with Crippen LogP contribution in [0.1, 0.15) is 34.6 Å². The van der Waals surface area contributed by atoms with Gasteiger partial charge in [0.25, 0.3) is 0 Å². The molecule has 8 nitrogen and oxygen atoms in total. The summed E-state index contributed by atoms with van der Waals surface area (Å²) in [6, 6.07) is 13.8. The van der Waals surface area contributed by atoms with E-state index in [1.807, 2.05) is 32.9 Å². The summed E-state index contributed by atoms with van der Waals surface area (Å²) < 4.78 is 32.2. The van der Waals surface area contributed by atoms with Crippen molar-refractivity contribution in [3.05, 3.63) is 65.9 Å². The monoisotopic (exact) mass is 550 g/mol. The van der Waals surface area contributed by atoms with Gasteiger partial charge in [-0.3, -0.25) is 0 Å². The molecular weight excluding hydrogens is 524 g/mol. The number of benzene rings is 2. The van der Waals surface area contributed by atoms with Gasteiger partial charge in [0.1, 0.15) is 11.1 Å². The quantitative estimate of drug-likeness (QED) is 0.262. The summed E-state index contributed by atoms with van der Waals surface area (Å²) in [5, 5.41) is 0.696. The maximum absolute atomic E-state index is 13.4. The van der Waals surface area contributed by atoms with Crippen LogP contribution in [0, 0.1) is 0 Å². The summed E-state index contributed by atoms with van der Waals surface area (Å²) in [5.74, 6) is 0. The third-order valence-electron chi connectivity index (χ3n) is 6.12. The van der Waals surface area contributed by atoms with Gasteiger partial charge in [0.15, 0.2) is 15.5 Å². The Morgan fingerprint density at radius 3 is 2.47 bits per heavy atom. The average molecular weight is 551 g/mol. The van der Waals surface area contributed by atoms with Gasteiger partial charge in [-0.1, -0.05) is 29.8 Å². The first kappa shape index (κ1) is 25.9. The van der Waals surface area contributed by atoms with Crippen molar-refractivity contribution in [3.63, 3.8) is 0 Å². The normalized spacial score (nSPS) is 12.5. The van der Waals surface area contributed by atoms with Crippen molar-refractivity contribution in [2.24, 2.45) is 0 Å². The van der Waals surface area contributed by atoms with E-state index >= 15 is 0 Å². The van der Waals surface area contributed by atoms with Crippen molar-refractivity contribution in [3.8, 4) is 22.5 Å². The molecule has 0 saturated carbocycles. The van der Waals surface area contributed by atoms with Gasteiger partial charge in [0.2, 0.25) is 0 Å². The molecule has 3 heterocycles. The van der Waals surface area contributed by atoms with E-state index in [4.69, 9.17) is 21.3 Å². The molecular formula is C28H27ClN4O4S. The highest BCUT2D eigenvalue weighted by molar-refractivity contribution is 7.92. The number of halogens is 1. The number of nitrogens with zero attached hydrogens (tertiary/aromatic N) is 3. The third kappa shape index (κ3) is 4.56. The number of H-pyrrole nitrogens is 1. The van der Waals surface area contributed by atoms with E-state index in [1.54, 1.807) is 62.6 Å². The first-order valence-corrected chi connectivity index (χ1v) is 14.0. The number of hydrogen-bond donors (Lipinski definition) is 1. The zero-order valence-electron chi connectivity index (χ0n) is 21.6. The lowest BCUT2D eigenvalue weighted by Crippen LogP contribution is -2.27. The first-order chi connectivity index (χ1) is 17.9. The van der Waals surface area contributed by atoms with Gasteiger partial charge < -0.3 is 9.72 Å². The SMILES string of the molecule is CC(C)S(=O)(=O)c1ccc(-c2cnc3[nH]cc(-c4cc5c(Cl)cccc5n4C(=O)OC(C)(C)C)c3n2)cc1. The van der Waals surface area contributed by atoms with Gasteiger partial charge in [0.05, 0.1) is 33.2 Å². The fourth-order valence-corrected chi connectivity index (χ4v) is 5.49. The Morgan fingerprint density at radius 2 is 1.82 bits per heavy atom. The summed E-state index contributed by atoms with van der Waals surface area (Å²) in [6.45, 7) is 8.73. The number of hydrogen-bond acceptors (Lipinski definition) is 6. The van der Waals surface area contributed by atoms with Crippen LogP contribution in [0.4, 0.5) is 4.79 Å². The Bertz CT molecular complexity index is 1800. The molecule has 0 radical (unpaired) electrons. The summed E-state index contributed by atoms with van der Waals surface area (Å²) in [6.07, 6.45) is 2.83. The highest BCUT2D eigenvalue weighted by Crippen LogP contribution is 2.36. The molecule has 0 amide bonds. The van der Waals surface area contributed by atoms with E-state index in [1.165, 1.54) is 4.57 Å². The van der Waals surface area contributed by atoms with Gasteiger partial charge in [-0.25, -0.2) is 27.7 Å². The van der Waals surface area contributed by atoms with E-state index in [2.05, 4.69) is 9.97 Å². The van der Waals surface area contributed by atoms with E-state index < -0.39 is 26.8 Å². The maximum Gasteiger partial charge on any atom is 0.419 e. The highest BCUT2D eigenvalue weighted by atomic mass is 35.5. The van der Waals surface area contributed by atoms with Crippen molar-refractivity contribution in [2.75, 3.05) is 0 Å². The van der Waals surface area contributed by atoms with Crippen LogP contribution in [0.25, 0.3) is 44.6 Å². The zero-order valence-corrected chi connectivity index (χ0v) is 23.2. The molecule has 0 aliphatic carbocycles. The fourth-order valence-electron chi connectivity index (χ4n) is 4.21. The van der Waals surface area contributed by atoms with Crippen LogP contribution in [0.15, 0.2) is 65.8 Å². The van der Waals surface area contributed by atoms with Gasteiger partial charge in [-0.2, -0.15) is 0 Å². The van der Waals surface area contributed by atoms with Gasteiger partial charge in [-0.05, 0) is 65.0 Å². The van der Waals surface area contributed by atoms with Gasteiger partial charge in [-0.15, -0.1) is 0 Å². The van der Waals surface area contributed by atoms with E-state index in [9.17, 15) is 13.2 Å². The number of carbonyl (C=O) groups excluding carboxylic acids is 1. The molecule has 0 aliphatic heterocycles. The van der Waals surface area contributed by atoms with E-state index in [0.717, 1.165) is 0 Å². The minimum absolute atomic E-state index is 0.256. The Hall–Kier alpha value is -3.69. The molecule has 196 valence electrons. The molecule has 10 heteroatoms. The number of rotatable bonds is 4. The van der Waals surface area contributed by atoms with Crippen LogP contribution < -0.4 is 0 Å². The number of fused-ring (bicyclic) bond motifs is 2. The van der Waals surface area contributed by atoms with Crippen LogP contribution >= 0.6 is 11.6 Å². The summed E-state index contributed by atoms with van der Waals surface area (Å²) in [7, 11) is -3.39. The fraction of sp³-hybridized carbons (Fsp3) is 0.250. The predicted octanol–water partition coefficient (Wildman–Crippen LogP) is 6.87. The molecule has 3 aromatic heterocycles. The number of nitrogens with one attached hydrogen (secondary N) is 1. The number of aromatic amines is 1. The summed E-state index contributed by atoms with van der Waals surface area (Å²) in [4.78, 5) is 26.1. The van der Waals surface area contributed by atoms with Crippen LogP contribution in [-0.4, -0.2) is 44.9 Å². The highest BCUT2D eigenvalue weighted by Gasteiger charge is 2.25. The van der Waals surface area contributed by atoms with Crippen molar-refractivity contribution >= 4 is 49.6 Å². The summed E-state index contributed by atoms with van der Waals surface area (Å²) in [5.41, 5.74) is 3.47. The third-order valence-corrected chi connectivity index (χ3v) is 8.62. The molecule has 0 bridgehead atoms. The smallest absolute Gasteiger partial charge is 0.419 e. The lowest BCUT2D eigenvalue weighted by Gasteiger charge is -2.21. The second-order valence-electron chi connectivity index (χ2n) is 10.3. The lowest BCUT2D eigenvalue weighted by atomic mass is 10.1. The maximum atomic E-state index is 13.4. The second kappa shape index (κ2) is 9.25. The lowest BCUT2D eigenvalue weighted by molar-refractivity contribution is 0.0547. The number of aromatic nitrogens is 4. The van der Waals surface area contributed by atoms with Crippen molar-refractivity contribution in [1.82, 2.24) is 19.5 Å². The molecule has 38 heavy (non-hydrogen) atoms. The molecule has 0 spiro atoms. The Balaban J connectivity index is 1.65. The van der Waals surface area contributed by atoms with Crippen LogP contribution in [0.3, 0.4) is 0 Å². The minimum atomic E-state index is -3.39. The van der Waals surface area contributed by atoms with E-state index in [0.29, 0.717) is 49.6 Å². The van der Waals surface area contributed by atoms with Crippen molar-refractivity contribution < 1.29 is 17.9 Å². The number of carbonyl (C=O) groups is 1. The Kier molecular flexibility index (Phi) is 6.31. The Labute approximate surface area is 225 Å². The van der Waals surface area contributed by atoms with Crippen LogP contribution in [0.2, 0.25) is 5.02 Å². The van der Waals surface area contributed by atoms with Crippen molar-refractivity contribution in [2.45, 2.75) is 50.4 Å². The van der Waals surface area contributed by atoms with E-state index in [-0.39, 0.29) is 4.90 Å². The van der Waals surface area contributed by atoms with Gasteiger partial charge >= 0.3 is 6.09 Å². The zero-order chi connectivity index (χ0) is 27.4. The van der Waals surface area contributed by atoms with Crippen molar-refractivity contribution in [1.29, 1.82) is 0 Å². The standard InChI is InChI=1S/C28H27ClN4O4S/c1-16(2)38(35,36)18-11-9-17(10-12-18)22-15-31-26-25(32-22)20(14-30-26)24-13-19-21(29)7-6-8-23(19)33(24)27(34)37-28(3,4)5/h6-16H,1-5H3,(H,30,31). The second-order valence-corrected chi connectivity index (χ2v) is 13.2. The molecule has 2 aromatic carbocycles. The molecule has 0 saturated heterocycles. The van der Waals surface area contributed by atoms with Gasteiger partial charge in [0, 0.05) is 27.7 Å². The molecule has 0 unspecified atom stereocenters. The minimum Gasteiger partial charge on any atom is -0.443 e.